The molecule has 5 aromatic rings. The summed E-state index contributed by atoms with van der Waals surface area (Å²) < 4.78 is 66.8. The van der Waals surface area contributed by atoms with E-state index < -0.39 is 43.1 Å². The SMILES string of the molecule is Cc1ccc(S(=O)(=O)Nc2ccc(Cl)c(NC(=O)C(Oc3ccc(S(=O)(=O)c4ccc(OCc5ccccc5)cc4)cc3)C(=O)C(C)(C)C)c2)cc1. The van der Waals surface area contributed by atoms with Crippen LogP contribution in [0.5, 0.6) is 11.5 Å². The summed E-state index contributed by atoms with van der Waals surface area (Å²) in [7, 11) is -7.88. The highest BCUT2D eigenvalue weighted by Gasteiger charge is 2.37. The van der Waals surface area contributed by atoms with Gasteiger partial charge in [0.1, 0.15) is 18.1 Å². The Bertz CT molecular complexity index is 2270. The second-order valence-corrected chi connectivity index (χ2v) is 17.0. The van der Waals surface area contributed by atoms with E-state index in [-0.39, 0.29) is 36.8 Å². The van der Waals surface area contributed by atoms with Crippen LogP contribution < -0.4 is 19.5 Å². The first-order valence-corrected chi connectivity index (χ1v) is 19.4. The highest BCUT2D eigenvalue weighted by atomic mass is 35.5. The van der Waals surface area contributed by atoms with Crippen molar-refractivity contribution in [3.8, 4) is 11.5 Å². The van der Waals surface area contributed by atoms with Crippen molar-refractivity contribution < 1.29 is 35.9 Å². The van der Waals surface area contributed by atoms with E-state index in [0.29, 0.717) is 12.4 Å². The third-order valence-corrected chi connectivity index (χ3v) is 11.3. The van der Waals surface area contributed by atoms with Crippen LogP contribution in [0.4, 0.5) is 11.4 Å². The molecule has 0 aliphatic rings. The molecule has 1 atom stereocenters. The van der Waals surface area contributed by atoms with Crippen molar-refractivity contribution in [2.75, 3.05) is 10.0 Å². The van der Waals surface area contributed by atoms with Crippen LogP contribution in [0.1, 0.15) is 31.9 Å². The Kier molecular flexibility index (Phi) is 11.4. The lowest BCUT2D eigenvalue weighted by molar-refractivity contribution is -0.140. The molecule has 270 valence electrons. The minimum atomic E-state index is -3.96. The first-order chi connectivity index (χ1) is 24.5. The lowest BCUT2D eigenvalue weighted by atomic mass is 9.87. The molecule has 0 aliphatic carbocycles. The molecule has 5 aromatic carbocycles. The lowest BCUT2D eigenvalue weighted by Crippen LogP contribution is -2.45. The Labute approximate surface area is 308 Å². The van der Waals surface area contributed by atoms with Crippen molar-refractivity contribution >= 4 is 54.5 Å². The number of nitrogens with one attached hydrogen (secondary N) is 2. The molecular formula is C39H37ClN2O8S2. The van der Waals surface area contributed by atoms with Crippen molar-refractivity contribution in [1.29, 1.82) is 0 Å². The summed E-state index contributed by atoms with van der Waals surface area (Å²) >= 11 is 6.36. The Balaban J connectivity index is 1.30. The van der Waals surface area contributed by atoms with Crippen LogP contribution in [0.25, 0.3) is 0 Å². The number of carbonyl (C=O) groups excluding carboxylic acids is 2. The first kappa shape index (κ1) is 38.1. The molecule has 1 unspecified atom stereocenters. The Morgan fingerprint density at radius 3 is 1.87 bits per heavy atom. The number of benzene rings is 5. The molecule has 1 amide bonds. The van der Waals surface area contributed by atoms with Crippen LogP contribution in [0.3, 0.4) is 0 Å². The molecule has 2 N–H and O–H groups in total. The van der Waals surface area contributed by atoms with Gasteiger partial charge in [0.2, 0.25) is 15.9 Å². The van der Waals surface area contributed by atoms with E-state index in [0.717, 1.165) is 11.1 Å². The van der Waals surface area contributed by atoms with Gasteiger partial charge in [-0.2, -0.15) is 0 Å². The molecule has 0 radical (unpaired) electrons. The number of sulfone groups is 1. The largest absolute Gasteiger partial charge is 0.489 e. The average molecular weight is 761 g/mol. The Hall–Kier alpha value is -5.17. The number of halogens is 1. The molecule has 0 heterocycles. The molecule has 5 rings (SSSR count). The average Bonchev–Trinajstić information content (AvgIpc) is 3.11. The fraction of sp³-hybridized carbons (Fsp3) is 0.179. The number of sulfonamides is 1. The number of ether oxygens (including phenoxy) is 2. The van der Waals surface area contributed by atoms with E-state index in [9.17, 15) is 26.4 Å². The van der Waals surface area contributed by atoms with E-state index >= 15 is 0 Å². The normalized spacial score (nSPS) is 12.4. The van der Waals surface area contributed by atoms with Gasteiger partial charge in [-0.3, -0.25) is 14.3 Å². The number of anilines is 2. The van der Waals surface area contributed by atoms with Gasteiger partial charge >= 0.3 is 0 Å². The maximum atomic E-state index is 13.6. The van der Waals surface area contributed by atoms with E-state index in [4.69, 9.17) is 21.1 Å². The highest BCUT2D eigenvalue weighted by molar-refractivity contribution is 7.92. The summed E-state index contributed by atoms with van der Waals surface area (Å²) in [6, 6.07) is 31.4. The zero-order chi connectivity index (χ0) is 37.7. The van der Waals surface area contributed by atoms with E-state index in [1.54, 1.807) is 45.0 Å². The zero-order valence-corrected chi connectivity index (χ0v) is 31.2. The number of hydrogen-bond acceptors (Lipinski definition) is 8. The Morgan fingerprint density at radius 2 is 1.29 bits per heavy atom. The number of carbonyl (C=O) groups is 2. The fourth-order valence-corrected chi connectivity index (χ4v) is 7.33. The summed E-state index contributed by atoms with van der Waals surface area (Å²) in [5.41, 5.74) is 1.00. The lowest BCUT2D eigenvalue weighted by Gasteiger charge is -2.25. The van der Waals surface area contributed by atoms with E-state index in [2.05, 4.69) is 10.0 Å². The number of Topliss-reactive ketones (excluding diaryl/α,β-unsaturated/α-hetero) is 1. The second-order valence-electron chi connectivity index (χ2n) is 12.9. The van der Waals surface area contributed by atoms with Crippen molar-refractivity contribution in [3.05, 3.63) is 137 Å². The molecule has 0 bridgehead atoms. The molecule has 0 saturated carbocycles. The molecular weight excluding hydrogens is 724 g/mol. The minimum Gasteiger partial charge on any atom is -0.489 e. The zero-order valence-electron chi connectivity index (χ0n) is 28.8. The number of rotatable bonds is 13. The summed E-state index contributed by atoms with van der Waals surface area (Å²) in [4.78, 5) is 27.1. The summed E-state index contributed by atoms with van der Waals surface area (Å²) in [5.74, 6) is -0.863. The number of ketones is 1. The quantitative estimate of drug-likeness (QED) is 0.115. The van der Waals surface area contributed by atoms with Crippen molar-refractivity contribution in [1.82, 2.24) is 0 Å². The van der Waals surface area contributed by atoms with E-state index in [1.165, 1.54) is 66.7 Å². The van der Waals surface area contributed by atoms with Crippen LogP contribution in [-0.4, -0.2) is 34.6 Å². The summed E-state index contributed by atoms with van der Waals surface area (Å²) in [6.07, 6.45) is -1.67. The van der Waals surface area contributed by atoms with Gasteiger partial charge in [-0.25, -0.2) is 16.8 Å². The smallest absolute Gasteiger partial charge is 0.273 e. The summed E-state index contributed by atoms with van der Waals surface area (Å²) in [5, 5.41) is 2.66. The molecule has 0 aliphatic heterocycles. The van der Waals surface area contributed by atoms with Gasteiger partial charge < -0.3 is 14.8 Å². The van der Waals surface area contributed by atoms with Gasteiger partial charge in [-0.1, -0.05) is 80.4 Å². The number of hydrogen-bond donors (Lipinski definition) is 2. The molecule has 13 heteroatoms. The van der Waals surface area contributed by atoms with Gasteiger partial charge in [0.15, 0.2) is 5.78 Å². The topological polar surface area (TPSA) is 145 Å². The van der Waals surface area contributed by atoms with Gasteiger partial charge in [0.25, 0.3) is 15.9 Å². The van der Waals surface area contributed by atoms with Crippen LogP contribution in [-0.2, 0) is 36.1 Å². The first-order valence-electron chi connectivity index (χ1n) is 16.1. The van der Waals surface area contributed by atoms with E-state index in [1.807, 2.05) is 37.3 Å². The number of amides is 1. The molecule has 0 aromatic heterocycles. The van der Waals surface area contributed by atoms with Gasteiger partial charge in [-0.15, -0.1) is 0 Å². The standard InChI is InChI=1S/C39H37ClN2O8S2/c1-26-10-17-33(18-11-26)52(47,48)42-28-12-23-34(40)35(24-28)41-38(44)36(37(43)39(2,3)4)50-30-15-21-32(22-16-30)51(45,46)31-19-13-29(14-20-31)49-25-27-8-6-5-7-9-27/h5-24,36,42H,25H2,1-4H3,(H,41,44). The van der Waals surface area contributed by atoms with Crippen molar-refractivity contribution in [3.63, 3.8) is 0 Å². The minimum absolute atomic E-state index is 0.0300. The Morgan fingerprint density at radius 1 is 0.731 bits per heavy atom. The number of aryl methyl sites for hydroxylation is 1. The molecule has 0 fully saturated rings. The van der Waals surface area contributed by atoms with Crippen LogP contribution >= 0.6 is 11.6 Å². The maximum absolute atomic E-state index is 13.6. The highest BCUT2D eigenvalue weighted by Crippen LogP contribution is 2.30. The molecule has 0 saturated heterocycles. The predicted octanol–water partition coefficient (Wildman–Crippen LogP) is 7.86. The predicted molar refractivity (Wildman–Crippen MR) is 200 cm³/mol. The van der Waals surface area contributed by atoms with Crippen LogP contribution in [0.15, 0.2) is 136 Å². The monoisotopic (exact) mass is 760 g/mol. The molecule has 0 spiro atoms. The van der Waals surface area contributed by atoms with Crippen molar-refractivity contribution in [2.24, 2.45) is 5.41 Å². The van der Waals surface area contributed by atoms with Gasteiger partial charge in [0, 0.05) is 5.41 Å². The fourth-order valence-electron chi connectivity index (χ4n) is 4.86. The summed E-state index contributed by atoms with van der Waals surface area (Å²) in [6.45, 7) is 7.05. The third kappa shape index (κ3) is 9.38. The van der Waals surface area contributed by atoms with Gasteiger partial charge in [-0.05, 0) is 91.3 Å². The van der Waals surface area contributed by atoms with Gasteiger partial charge in [0.05, 0.1) is 31.1 Å². The van der Waals surface area contributed by atoms with Crippen LogP contribution in [0.2, 0.25) is 5.02 Å². The molecule has 52 heavy (non-hydrogen) atoms. The van der Waals surface area contributed by atoms with Crippen molar-refractivity contribution in [2.45, 2.75) is 55.1 Å². The van der Waals surface area contributed by atoms with Crippen LogP contribution in [0, 0.1) is 12.3 Å². The maximum Gasteiger partial charge on any atom is 0.273 e. The second kappa shape index (κ2) is 15.6. The third-order valence-electron chi connectivity index (χ3n) is 7.79. The molecule has 10 nitrogen and oxygen atoms in total.